The van der Waals surface area contributed by atoms with Gasteiger partial charge in [0.05, 0.1) is 5.92 Å². The summed E-state index contributed by atoms with van der Waals surface area (Å²) in [5, 5.41) is 0. The fourth-order valence-electron chi connectivity index (χ4n) is 1.78. The molecule has 0 aliphatic rings. The first-order chi connectivity index (χ1) is 8.33. The van der Waals surface area contributed by atoms with Crippen molar-refractivity contribution >= 4 is 5.91 Å². The summed E-state index contributed by atoms with van der Waals surface area (Å²) >= 11 is 0. The van der Waals surface area contributed by atoms with E-state index in [-0.39, 0.29) is 5.91 Å². The van der Waals surface area contributed by atoms with Crippen molar-refractivity contribution in [2.24, 2.45) is 5.84 Å². The highest BCUT2D eigenvalue weighted by atomic mass is 16.2. The van der Waals surface area contributed by atoms with Crippen molar-refractivity contribution < 1.29 is 4.79 Å². The zero-order valence-electron chi connectivity index (χ0n) is 9.21. The second kappa shape index (κ2) is 5.23. The Hall–Kier alpha value is -2.20. The van der Waals surface area contributed by atoms with E-state index in [1.165, 1.54) is 0 Å². The van der Waals surface area contributed by atoms with Gasteiger partial charge in [0.15, 0.2) is 0 Å². The van der Waals surface area contributed by atoms with Gasteiger partial charge >= 0.3 is 0 Å². The van der Waals surface area contributed by atoms with Gasteiger partial charge in [0.2, 0.25) is 5.91 Å². The van der Waals surface area contributed by atoms with E-state index in [0.29, 0.717) is 0 Å². The van der Waals surface area contributed by atoms with Crippen molar-refractivity contribution in [3.8, 4) is 0 Å². The van der Waals surface area contributed by atoms with Gasteiger partial charge in [-0.2, -0.15) is 0 Å². The molecule has 1 atom stereocenters. The number of hydrogen-bond acceptors (Lipinski definition) is 3. The maximum Gasteiger partial charge on any atom is 0.245 e. The minimum Gasteiger partial charge on any atom is -0.293 e. The van der Waals surface area contributed by atoms with Crippen LogP contribution in [0.4, 0.5) is 0 Å². The molecule has 4 nitrogen and oxygen atoms in total. The van der Waals surface area contributed by atoms with Gasteiger partial charge < -0.3 is 0 Å². The maximum atomic E-state index is 11.9. The molecule has 0 aliphatic carbocycles. The van der Waals surface area contributed by atoms with Gasteiger partial charge in [0, 0.05) is 12.4 Å². The molecule has 0 saturated heterocycles. The molecule has 2 rings (SSSR count). The molecule has 86 valence electrons. The highest BCUT2D eigenvalue weighted by Crippen LogP contribution is 2.23. The van der Waals surface area contributed by atoms with Crippen molar-refractivity contribution in [2.75, 3.05) is 0 Å². The predicted octanol–water partition coefficient (Wildman–Crippen LogP) is 1.20. The van der Waals surface area contributed by atoms with Crippen LogP contribution >= 0.6 is 0 Å². The quantitative estimate of drug-likeness (QED) is 0.470. The summed E-state index contributed by atoms with van der Waals surface area (Å²) < 4.78 is 0. The van der Waals surface area contributed by atoms with Crippen LogP contribution in [-0.2, 0) is 4.79 Å². The third kappa shape index (κ3) is 2.49. The number of nitrogens with one attached hydrogen (secondary N) is 1. The normalized spacial score (nSPS) is 11.8. The van der Waals surface area contributed by atoms with E-state index < -0.39 is 5.92 Å². The van der Waals surface area contributed by atoms with Gasteiger partial charge in [-0.15, -0.1) is 0 Å². The number of carbonyl (C=O) groups is 1. The molecule has 3 N–H and O–H groups in total. The molecule has 0 saturated carbocycles. The Labute approximate surface area is 99.5 Å². The monoisotopic (exact) mass is 227 g/mol. The van der Waals surface area contributed by atoms with Crippen molar-refractivity contribution in [1.29, 1.82) is 0 Å². The molecular formula is C13H13N3O. The molecule has 1 heterocycles. The van der Waals surface area contributed by atoms with Gasteiger partial charge in [0.25, 0.3) is 0 Å². The number of rotatable bonds is 3. The molecule has 0 spiro atoms. The standard InChI is InChI=1S/C13H13N3O/c14-16-13(17)12(10-4-2-1-3-5-10)11-6-8-15-9-7-11/h1-9,12H,14H2,(H,16,17). The van der Waals surface area contributed by atoms with E-state index in [0.717, 1.165) is 11.1 Å². The van der Waals surface area contributed by atoms with Crippen molar-refractivity contribution in [2.45, 2.75) is 5.92 Å². The highest BCUT2D eigenvalue weighted by molar-refractivity contribution is 5.86. The van der Waals surface area contributed by atoms with Crippen molar-refractivity contribution in [3.05, 3.63) is 66.0 Å². The molecule has 1 aromatic heterocycles. The van der Waals surface area contributed by atoms with E-state index in [2.05, 4.69) is 10.4 Å². The lowest BCUT2D eigenvalue weighted by molar-refractivity contribution is -0.121. The number of nitrogens with two attached hydrogens (primary N) is 1. The topological polar surface area (TPSA) is 68.0 Å². The zero-order valence-corrected chi connectivity index (χ0v) is 9.21. The third-order valence-electron chi connectivity index (χ3n) is 2.58. The van der Waals surface area contributed by atoms with E-state index in [4.69, 9.17) is 5.84 Å². The van der Waals surface area contributed by atoms with Crippen molar-refractivity contribution in [3.63, 3.8) is 0 Å². The first-order valence-corrected chi connectivity index (χ1v) is 5.28. The maximum absolute atomic E-state index is 11.9. The average Bonchev–Trinajstić information content (AvgIpc) is 2.41. The summed E-state index contributed by atoms with van der Waals surface area (Å²) in [5.74, 6) is 4.60. The summed E-state index contributed by atoms with van der Waals surface area (Å²) in [7, 11) is 0. The summed E-state index contributed by atoms with van der Waals surface area (Å²) in [6.07, 6.45) is 3.32. The lowest BCUT2D eigenvalue weighted by Gasteiger charge is -2.15. The second-order valence-electron chi connectivity index (χ2n) is 3.63. The molecule has 4 heteroatoms. The Morgan fingerprint density at radius 3 is 2.24 bits per heavy atom. The Morgan fingerprint density at radius 2 is 1.65 bits per heavy atom. The number of pyridine rings is 1. The Bertz CT molecular complexity index is 445. The summed E-state index contributed by atoms with van der Waals surface area (Å²) in [6.45, 7) is 0. The van der Waals surface area contributed by atoms with Crippen LogP contribution in [0.1, 0.15) is 17.0 Å². The number of hydrazine groups is 1. The molecule has 0 aliphatic heterocycles. The number of benzene rings is 1. The van der Waals surface area contributed by atoms with Gasteiger partial charge in [-0.3, -0.25) is 15.2 Å². The summed E-state index contributed by atoms with van der Waals surface area (Å²) in [4.78, 5) is 15.8. The fraction of sp³-hybridized carbons (Fsp3) is 0.0769. The van der Waals surface area contributed by atoms with Crippen LogP contribution in [0.3, 0.4) is 0 Å². The molecule has 0 fully saturated rings. The molecule has 1 unspecified atom stereocenters. The highest BCUT2D eigenvalue weighted by Gasteiger charge is 2.21. The number of amides is 1. The molecular weight excluding hydrogens is 214 g/mol. The van der Waals surface area contributed by atoms with Crippen molar-refractivity contribution in [1.82, 2.24) is 10.4 Å². The zero-order chi connectivity index (χ0) is 12.1. The molecule has 1 amide bonds. The van der Waals surface area contributed by atoms with Gasteiger partial charge in [0.1, 0.15) is 0 Å². The minimum atomic E-state index is -0.399. The Morgan fingerprint density at radius 1 is 1.06 bits per heavy atom. The average molecular weight is 227 g/mol. The van der Waals surface area contributed by atoms with Crippen LogP contribution in [-0.4, -0.2) is 10.9 Å². The minimum absolute atomic E-state index is 0.234. The molecule has 2 aromatic rings. The third-order valence-corrected chi connectivity index (χ3v) is 2.58. The van der Waals surface area contributed by atoms with E-state index >= 15 is 0 Å². The van der Waals surface area contributed by atoms with Gasteiger partial charge in [-0.05, 0) is 23.3 Å². The summed E-state index contributed by atoms with van der Waals surface area (Å²) in [5.41, 5.74) is 3.98. The van der Waals surface area contributed by atoms with E-state index in [9.17, 15) is 4.79 Å². The summed E-state index contributed by atoms with van der Waals surface area (Å²) in [6, 6.07) is 13.1. The SMILES string of the molecule is NNC(=O)C(c1ccccc1)c1ccncc1. The van der Waals surface area contributed by atoms with Crippen LogP contribution in [0.25, 0.3) is 0 Å². The molecule has 0 radical (unpaired) electrons. The van der Waals surface area contributed by atoms with Crippen LogP contribution in [0, 0.1) is 0 Å². The van der Waals surface area contributed by atoms with E-state index in [1.54, 1.807) is 12.4 Å². The van der Waals surface area contributed by atoms with Gasteiger partial charge in [-0.25, -0.2) is 5.84 Å². The predicted molar refractivity (Wildman–Crippen MR) is 64.9 cm³/mol. The largest absolute Gasteiger partial charge is 0.293 e. The molecule has 17 heavy (non-hydrogen) atoms. The smallest absolute Gasteiger partial charge is 0.245 e. The van der Waals surface area contributed by atoms with Crippen LogP contribution < -0.4 is 11.3 Å². The fourth-order valence-corrected chi connectivity index (χ4v) is 1.78. The first kappa shape index (κ1) is 11.3. The number of aromatic nitrogens is 1. The molecule has 0 bridgehead atoms. The number of hydrogen-bond donors (Lipinski definition) is 2. The Balaban J connectivity index is 2.43. The lowest BCUT2D eigenvalue weighted by atomic mass is 9.91. The Kier molecular flexibility index (Phi) is 3.47. The van der Waals surface area contributed by atoms with E-state index in [1.807, 2.05) is 42.5 Å². The first-order valence-electron chi connectivity index (χ1n) is 5.28. The van der Waals surface area contributed by atoms with Gasteiger partial charge in [-0.1, -0.05) is 30.3 Å². The van der Waals surface area contributed by atoms with Crippen LogP contribution in [0.15, 0.2) is 54.9 Å². The van der Waals surface area contributed by atoms with Crippen LogP contribution in [0.5, 0.6) is 0 Å². The number of carbonyl (C=O) groups excluding carboxylic acids is 1. The number of nitrogens with zero attached hydrogens (tertiary/aromatic N) is 1. The lowest BCUT2D eigenvalue weighted by Crippen LogP contribution is -2.35. The molecule has 1 aromatic carbocycles. The second-order valence-corrected chi connectivity index (χ2v) is 3.63. The van der Waals surface area contributed by atoms with Crippen LogP contribution in [0.2, 0.25) is 0 Å².